The van der Waals surface area contributed by atoms with Crippen molar-refractivity contribution < 1.29 is 9.53 Å². The third-order valence-corrected chi connectivity index (χ3v) is 4.15. The number of hydrogen-bond acceptors (Lipinski definition) is 4. The molecule has 8 heteroatoms. The van der Waals surface area contributed by atoms with Gasteiger partial charge < -0.3 is 19.9 Å². The van der Waals surface area contributed by atoms with Crippen LogP contribution in [0.25, 0.3) is 5.82 Å². The molecule has 2 aromatic heterocycles. The molecule has 2 heterocycles. The summed E-state index contributed by atoms with van der Waals surface area (Å²) in [6, 6.07) is 20.9. The third-order valence-electron chi connectivity index (χ3n) is 3.91. The predicted octanol–water partition coefficient (Wildman–Crippen LogP) is 5.36. The number of aromatic nitrogens is 3. The van der Waals surface area contributed by atoms with Crippen molar-refractivity contribution in [2.24, 2.45) is 0 Å². The number of anilines is 2. The number of urea groups is 1. The fourth-order valence-electron chi connectivity index (χ4n) is 2.58. The minimum atomic E-state index is -0.368. The summed E-state index contributed by atoms with van der Waals surface area (Å²) >= 11 is 5.91. The van der Waals surface area contributed by atoms with E-state index in [1.54, 1.807) is 54.6 Å². The van der Waals surface area contributed by atoms with E-state index >= 15 is 0 Å². The Bertz CT molecular complexity index is 1100. The lowest BCUT2D eigenvalue weighted by Crippen LogP contribution is -2.19. The molecule has 0 aliphatic carbocycles. The molecule has 0 bridgehead atoms. The van der Waals surface area contributed by atoms with Crippen molar-refractivity contribution in [3.63, 3.8) is 0 Å². The number of amides is 2. The van der Waals surface area contributed by atoms with E-state index in [2.05, 4.69) is 20.8 Å². The van der Waals surface area contributed by atoms with Crippen LogP contribution in [0.15, 0.2) is 85.2 Å². The van der Waals surface area contributed by atoms with Gasteiger partial charge in [-0.25, -0.2) is 4.79 Å². The smallest absolute Gasteiger partial charge is 0.323 e. The van der Waals surface area contributed by atoms with Gasteiger partial charge in [0.1, 0.15) is 5.75 Å². The lowest BCUT2D eigenvalue weighted by molar-refractivity contribution is 0.262. The van der Waals surface area contributed by atoms with Crippen LogP contribution in [0.2, 0.25) is 5.02 Å². The van der Waals surface area contributed by atoms with Crippen LogP contribution in [0, 0.1) is 0 Å². The molecule has 0 fully saturated rings. The first-order valence-corrected chi connectivity index (χ1v) is 9.12. The van der Waals surface area contributed by atoms with Gasteiger partial charge in [0, 0.05) is 34.9 Å². The molecule has 144 valence electrons. The number of halogens is 1. The normalized spacial score (nSPS) is 10.4. The van der Waals surface area contributed by atoms with E-state index in [9.17, 15) is 4.79 Å². The largest absolute Gasteiger partial charge is 0.438 e. The number of nitrogens with one attached hydrogen (secondary N) is 2. The maximum absolute atomic E-state index is 12.1. The van der Waals surface area contributed by atoms with Gasteiger partial charge in [0.2, 0.25) is 5.88 Å². The summed E-state index contributed by atoms with van der Waals surface area (Å²) < 4.78 is 7.55. The van der Waals surface area contributed by atoms with E-state index in [0.29, 0.717) is 33.8 Å². The summed E-state index contributed by atoms with van der Waals surface area (Å²) in [4.78, 5) is 12.1. The minimum Gasteiger partial charge on any atom is -0.438 e. The van der Waals surface area contributed by atoms with Gasteiger partial charge >= 0.3 is 6.03 Å². The maximum Gasteiger partial charge on any atom is 0.323 e. The van der Waals surface area contributed by atoms with Crippen LogP contribution >= 0.6 is 11.6 Å². The Balaban J connectivity index is 1.34. The number of hydrogen-bond donors (Lipinski definition) is 2. The van der Waals surface area contributed by atoms with Gasteiger partial charge in [-0.3, -0.25) is 0 Å². The molecule has 4 rings (SSSR count). The average molecular weight is 406 g/mol. The number of ether oxygens (including phenoxy) is 1. The standard InChI is InChI=1S/C21H16ClN5O2/c22-15-4-3-5-17(14-15)24-21(28)23-16-6-8-18(9-7-16)29-20-11-10-19(25-26-20)27-12-1-2-13-27/h1-14H,(H2,23,24,28). The first-order chi connectivity index (χ1) is 14.2. The topological polar surface area (TPSA) is 81.1 Å². The molecule has 4 aromatic rings. The summed E-state index contributed by atoms with van der Waals surface area (Å²) in [6.45, 7) is 0. The zero-order valence-corrected chi connectivity index (χ0v) is 15.9. The van der Waals surface area contributed by atoms with Crippen LogP contribution in [0.1, 0.15) is 0 Å². The molecule has 0 radical (unpaired) electrons. The van der Waals surface area contributed by atoms with Gasteiger partial charge in [0.15, 0.2) is 5.82 Å². The van der Waals surface area contributed by atoms with Gasteiger partial charge in [-0.1, -0.05) is 17.7 Å². The zero-order chi connectivity index (χ0) is 20.1. The summed E-state index contributed by atoms with van der Waals surface area (Å²) in [6.07, 6.45) is 3.78. The highest BCUT2D eigenvalue weighted by Gasteiger charge is 2.05. The Kier molecular flexibility index (Phi) is 5.40. The minimum absolute atomic E-state index is 0.368. The zero-order valence-electron chi connectivity index (χ0n) is 15.1. The Morgan fingerprint density at radius 1 is 0.862 bits per heavy atom. The summed E-state index contributed by atoms with van der Waals surface area (Å²) in [5, 5.41) is 14.2. The van der Waals surface area contributed by atoms with E-state index in [1.165, 1.54) is 0 Å². The Hall–Kier alpha value is -3.84. The molecule has 2 N–H and O–H groups in total. The summed E-state index contributed by atoms with van der Waals surface area (Å²) in [7, 11) is 0. The Morgan fingerprint density at radius 2 is 1.62 bits per heavy atom. The molecule has 7 nitrogen and oxygen atoms in total. The second kappa shape index (κ2) is 8.45. The van der Waals surface area contributed by atoms with Gasteiger partial charge in [0.05, 0.1) is 0 Å². The summed E-state index contributed by atoms with van der Waals surface area (Å²) in [5.74, 6) is 1.65. The molecule has 0 spiro atoms. The first kappa shape index (κ1) is 18.5. The highest BCUT2D eigenvalue weighted by atomic mass is 35.5. The van der Waals surface area contributed by atoms with Crippen LogP contribution in [0.3, 0.4) is 0 Å². The van der Waals surface area contributed by atoms with E-state index in [4.69, 9.17) is 16.3 Å². The molecule has 0 aliphatic heterocycles. The molecule has 0 saturated carbocycles. The molecule has 0 unspecified atom stereocenters. The van der Waals surface area contributed by atoms with E-state index in [1.807, 2.05) is 35.2 Å². The van der Waals surface area contributed by atoms with Crippen LogP contribution in [0.4, 0.5) is 16.2 Å². The molecular weight excluding hydrogens is 390 g/mol. The van der Waals surface area contributed by atoms with Crippen molar-refractivity contribution in [1.82, 2.24) is 14.8 Å². The number of rotatable bonds is 5. The monoisotopic (exact) mass is 405 g/mol. The van der Waals surface area contributed by atoms with Gasteiger partial charge in [-0.05, 0) is 60.7 Å². The van der Waals surface area contributed by atoms with Gasteiger partial charge in [-0.2, -0.15) is 0 Å². The SMILES string of the molecule is O=C(Nc1ccc(Oc2ccc(-n3cccc3)nn2)cc1)Nc1cccc(Cl)c1. The third kappa shape index (κ3) is 4.91. The average Bonchev–Trinajstić information content (AvgIpc) is 3.25. The number of carbonyl (C=O) groups is 1. The van der Waals surface area contributed by atoms with Crippen molar-refractivity contribution in [2.75, 3.05) is 10.6 Å². The van der Waals surface area contributed by atoms with Crippen LogP contribution < -0.4 is 15.4 Å². The number of benzene rings is 2. The van der Waals surface area contributed by atoms with Crippen molar-refractivity contribution in [3.8, 4) is 17.4 Å². The first-order valence-electron chi connectivity index (χ1n) is 8.74. The molecular formula is C21H16ClN5O2. The Labute approximate surface area is 171 Å². The fourth-order valence-corrected chi connectivity index (χ4v) is 2.77. The molecule has 0 atom stereocenters. The quantitative estimate of drug-likeness (QED) is 0.468. The lowest BCUT2D eigenvalue weighted by Gasteiger charge is -2.09. The molecule has 0 aliphatic rings. The Morgan fingerprint density at radius 3 is 2.31 bits per heavy atom. The second-order valence-electron chi connectivity index (χ2n) is 6.04. The van der Waals surface area contributed by atoms with E-state index in [0.717, 1.165) is 0 Å². The van der Waals surface area contributed by atoms with E-state index in [-0.39, 0.29) is 6.03 Å². The number of carbonyl (C=O) groups excluding carboxylic acids is 1. The molecule has 2 amide bonds. The lowest BCUT2D eigenvalue weighted by atomic mass is 10.3. The fraction of sp³-hybridized carbons (Fsp3) is 0. The van der Waals surface area contributed by atoms with Gasteiger partial charge in [-0.15, -0.1) is 10.2 Å². The highest BCUT2D eigenvalue weighted by molar-refractivity contribution is 6.30. The van der Waals surface area contributed by atoms with Gasteiger partial charge in [0.25, 0.3) is 0 Å². The predicted molar refractivity (Wildman–Crippen MR) is 112 cm³/mol. The van der Waals surface area contributed by atoms with Crippen molar-refractivity contribution >= 4 is 29.0 Å². The van der Waals surface area contributed by atoms with Crippen molar-refractivity contribution in [3.05, 3.63) is 90.2 Å². The highest BCUT2D eigenvalue weighted by Crippen LogP contribution is 2.22. The number of nitrogens with zero attached hydrogens (tertiary/aromatic N) is 3. The maximum atomic E-state index is 12.1. The second-order valence-corrected chi connectivity index (χ2v) is 6.47. The van der Waals surface area contributed by atoms with Crippen molar-refractivity contribution in [2.45, 2.75) is 0 Å². The van der Waals surface area contributed by atoms with Crippen LogP contribution in [-0.2, 0) is 0 Å². The molecule has 0 saturated heterocycles. The van der Waals surface area contributed by atoms with Crippen LogP contribution in [0.5, 0.6) is 11.6 Å². The molecule has 2 aromatic carbocycles. The molecule has 29 heavy (non-hydrogen) atoms. The van der Waals surface area contributed by atoms with Crippen LogP contribution in [-0.4, -0.2) is 20.8 Å². The van der Waals surface area contributed by atoms with Crippen molar-refractivity contribution in [1.29, 1.82) is 0 Å². The van der Waals surface area contributed by atoms with E-state index < -0.39 is 0 Å². The summed E-state index contributed by atoms with van der Waals surface area (Å²) in [5.41, 5.74) is 1.22.